The van der Waals surface area contributed by atoms with E-state index in [0.717, 1.165) is 25.2 Å². The number of piperidine rings is 1. The third-order valence-electron chi connectivity index (χ3n) is 6.93. The number of nitrogens with one attached hydrogen (secondary N) is 2. The number of likely N-dealkylation sites (tertiary alicyclic amines) is 1. The Balaban J connectivity index is 1.24. The molecule has 4 atom stereocenters. The van der Waals surface area contributed by atoms with Crippen molar-refractivity contribution in [2.24, 2.45) is 11.3 Å². The van der Waals surface area contributed by atoms with Crippen molar-refractivity contribution in [3.05, 3.63) is 48.1 Å². The molecule has 6 rings (SSSR count). The summed E-state index contributed by atoms with van der Waals surface area (Å²) in [6.45, 7) is 1.23. The molecule has 1 saturated heterocycles. The molecule has 166 valence electrons. The number of rotatable bonds is 4. The molecule has 0 bridgehead atoms. The average molecular weight is 444 g/mol. The number of hydrogen-bond acceptors (Lipinski definition) is 7. The van der Waals surface area contributed by atoms with Crippen LogP contribution in [0.15, 0.2) is 42.5 Å². The largest absolute Gasteiger partial charge is 0.419 e. The first kappa shape index (κ1) is 19.3. The molecule has 2 aliphatic carbocycles. The average Bonchev–Trinajstić information content (AvgIpc) is 3.14. The van der Waals surface area contributed by atoms with Crippen LogP contribution < -0.4 is 10.6 Å². The van der Waals surface area contributed by atoms with Gasteiger partial charge in [0, 0.05) is 25.5 Å². The number of anilines is 1. The van der Waals surface area contributed by atoms with Crippen LogP contribution in [0, 0.1) is 11.3 Å². The van der Waals surface area contributed by atoms with Crippen LogP contribution in [0.4, 0.5) is 19.1 Å². The van der Waals surface area contributed by atoms with Gasteiger partial charge in [-0.15, -0.1) is 4.80 Å². The Kier molecular flexibility index (Phi) is 3.93. The molecule has 1 amide bonds. The summed E-state index contributed by atoms with van der Waals surface area (Å²) in [5.74, 6) is 1.01. The van der Waals surface area contributed by atoms with Crippen molar-refractivity contribution in [3.8, 4) is 0 Å². The van der Waals surface area contributed by atoms with Gasteiger partial charge in [-0.1, -0.05) is 6.08 Å². The number of alkyl halides is 3. The summed E-state index contributed by atoms with van der Waals surface area (Å²) >= 11 is 0. The molecule has 4 heterocycles. The maximum absolute atomic E-state index is 13.5. The summed E-state index contributed by atoms with van der Waals surface area (Å²) in [6.07, 6.45) is 5.72. The third-order valence-corrected chi connectivity index (χ3v) is 6.93. The van der Waals surface area contributed by atoms with E-state index in [-0.39, 0.29) is 29.4 Å². The molecule has 9 nitrogen and oxygen atoms in total. The highest BCUT2D eigenvalue weighted by Gasteiger charge is 2.75. The van der Waals surface area contributed by atoms with Crippen molar-refractivity contribution in [2.45, 2.75) is 31.1 Å². The summed E-state index contributed by atoms with van der Waals surface area (Å²) in [7, 11) is 0. The van der Waals surface area contributed by atoms with Gasteiger partial charge in [0.2, 0.25) is 5.95 Å². The highest BCUT2D eigenvalue weighted by atomic mass is 19.4. The fraction of sp³-hybridized carbons (Fsp3) is 0.450. The van der Waals surface area contributed by atoms with Crippen LogP contribution in [0.1, 0.15) is 18.4 Å². The van der Waals surface area contributed by atoms with Crippen LogP contribution in [0.5, 0.6) is 0 Å². The summed E-state index contributed by atoms with van der Waals surface area (Å²) in [4.78, 5) is 24.5. The number of hydrogen-bond donors (Lipinski definition) is 2. The third kappa shape index (κ3) is 2.81. The predicted molar refractivity (Wildman–Crippen MR) is 105 cm³/mol. The Morgan fingerprint density at radius 2 is 1.94 bits per heavy atom. The second-order valence-corrected chi connectivity index (χ2v) is 8.65. The lowest BCUT2D eigenvalue weighted by molar-refractivity contribution is -0.138. The number of aromatic nitrogens is 5. The number of halogens is 3. The zero-order valence-corrected chi connectivity index (χ0v) is 16.8. The molecular formula is C20H19F3N8O. The van der Waals surface area contributed by atoms with Crippen molar-refractivity contribution in [2.75, 3.05) is 18.4 Å². The van der Waals surface area contributed by atoms with Crippen LogP contribution in [0.25, 0.3) is 5.82 Å². The Morgan fingerprint density at radius 1 is 1.19 bits per heavy atom. The zero-order valence-electron chi connectivity index (χ0n) is 16.8. The lowest BCUT2D eigenvalue weighted by Gasteiger charge is -2.48. The van der Waals surface area contributed by atoms with Crippen molar-refractivity contribution >= 4 is 17.7 Å². The summed E-state index contributed by atoms with van der Waals surface area (Å²) in [6, 6.07) is -0.170. The lowest BCUT2D eigenvalue weighted by atomic mass is 9.71. The molecular weight excluding hydrogens is 425 g/mol. The molecule has 2 aliphatic heterocycles. The molecule has 2 N–H and O–H groups in total. The molecule has 0 aromatic carbocycles. The van der Waals surface area contributed by atoms with Gasteiger partial charge in [0.05, 0.1) is 35.6 Å². The quantitative estimate of drug-likeness (QED) is 0.738. The zero-order chi connectivity index (χ0) is 22.1. The molecule has 1 spiro atoms. The van der Waals surface area contributed by atoms with Crippen LogP contribution in [-0.4, -0.2) is 60.9 Å². The summed E-state index contributed by atoms with van der Waals surface area (Å²) in [5, 5.41) is 14.6. The number of dihydropyridines is 1. The van der Waals surface area contributed by atoms with Crippen molar-refractivity contribution in [1.29, 1.82) is 0 Å². The molecule has 4 aliphatic rings. The van der Waals surface area contributed by atoms with Gasteiger partial charge in [-0.2, -0.15) is 23.4 Å². The molecule has 2 saturated carbocycles. The van der Waals surface area contributed by atoms with E-state index in [1.807, 2.05) is 11.0 Å². The van der Waals surface area contributed by atoms with Gasteiger partial charge in [0.1, 0.15) is 0 Å². The number of carbonyl (C=O) groups is 1. The maximum Gasteiger partial charge on any atom is 0.419 e. The molecule has 4 unspecified atom stereocenters. The van der Waals surface area contributed by atoms with Crippen molar-refractivity contribution < 1.29 is 18.0 Å². The van der Waals surface area contributed by atoms with Gasteiger partial charge in [-0.3, -0.25) is 4.79 Å². The van der Waals surface area contributed by atoms with Crippen molar-refractivity contribution in [1.82, 2.24) is 35.2 Å². The minimum absolute atomic E-state index is 0.0550. The highest BCUT2D eigenvalue weighted by Crippen LogP contribution is 2.71. The molecule has 32 heavy (non-hydrogen) atoms. The number of carbonyl (C=O) groups excluding carboxylic acids is 1. The van der Waals surface area contributed by atoms with Crippen LogP contribution in [0.3, 0.4) is 0 Å². The van der Waals surface area contributed by atoms with Crippen LogP contribution in [0.2, 0.25) is 0 Å². The van der Waals surface area contributed by atoms with Gasteiger partial charge in [-0.05, 0) is 30.3 Å². The van der Waals surface area contributed by atoms with Crippen molar-refractivity contribution in [3.63, 3.8) is 0 Å². The smallest absolute Gasteiger partial charge is 0.364 e. The fourth-order valence-electron chi connectivity index (χ4n) is 5.42. The molecule has 2 aromatic heterocycles. The Bertz CT molecular complexity index is 1130. The van der Waals surface area contributed by atoms with E-state index in [0.29, 0.717) is 30.4 Å². The topological polar surface area (TPSA) is 101 Å². The first-order valence-corrected chi connectivity index (χ1v) is 10.3. The van der Waals surface area contributed by atoms with E-state index >= 15 is 0 Å². The Hall–Kier alpha value is -3.44. The summed E-state index contributed by atoms with van der Waals surface area (Å²) in [5.41, 5.74) is -0.313. The van der Waals surface area contributed by atoms with Crippen LogP contribution >= 0.6 is 0 Å². The fourth-order valence-corrected chi connectivity index (χ4v) is 5.42. The lowest BCUT2D eigenvalue weighted by Crippen LogP contribution is -2.60. The maximum atomic E-state index is 13.5. The van der Waals surface area contributed by atoms with Gasteiger partial charge in [0.15, 0.2) is 5.82 Å². The molecule has 0 radical (unpaired) electrons. The molecule has 12 heteroatoms. The first-order chi connectivity index (χ1) is 15.4. The normalized spacial score (nSPS) is 30.3. The number of nitrogens with zero attached hydrogens (tertiary/aromatic N) is 6. The Morgan fingerprint density at radius 3 is 2.66 bits per heavy atom. The molecule has 2 aromatic rings. The standard InChI is InChI=1S/C20H19F3N8O/c21-20(22,23)12-8-25-18(26-9-12)29-14-7-19-6-11(19)10-30(15(14)19)17(32)13-2-1-3-24-16(13)31-27-4-5-28-31/h1-2,4-5,8-9,11,14-15,24H,3,6-7,10H2,(H,25,26,29). The van der Waals surface area contributed by atoms with E-state index in [9.17, 15) is 18.0 Å². The van der Waals surface area contributed by atoms with E-state index in [1.54, 1.807) is 18.5 Å². The second-order valence-electron chi connectivity index (χ2n) is 8.65. The van der Waals surface area contributed by atoms with E-state index in [4.69, 9.17) is 0 Å². The Labute approximate surface area is 180 Å². The highest BCUT2D eigenvalue weighted by molar-refractivity contribution is 6.02. The van der Waals surface area contributed by atoms with Crippen LogP contribution in [-0.2, 0) is 11.0 Å². The van der Waals surface area contributed by atoms with Gasteiger partial charge >= 0.3 is 6.18 Å². The second kappa shape index (κ2) is 6.53. The van der Waals surface area contributed by atoms with E-state index in [1.165, 1.54) is 4.80 Å². The monoisotopic (exact) mass is 444 g/mol. The SMILES string of the molecule is O=C(C1=C(n2nccn2)NCC=C1)N1CC2CC23CC(Nc2ncc(C(F)(F)F)cn2)C13. The van der Waals surface area contributed by atoms with E-state index in [2.05, 4.69) is 30.8 Å². The molecule has 3 fully saturated rings. The predicted octanol–water partition coefficient (Wildman–Crippen LogP) is 1.52. The van der Waals surface area contributed by atoms with Gasteiger partial charge < -0.3 is 15.5 Å². The van der Waals surface area contributed by atoms with E-state index < -0.39 is 11.7 Å². The van der Waals surface area contributed by atoms with Gasteiger partial charge in [-0.25, -0.2) is 9.97 Å². The summed E-state index contributed by atoms with van der Waals surface area (Å²) < 4.78 is 38.3. The number of amides is 1. The first-order valence-electron chi connectivity index (χ1n) is 10.3. The minimum Gasteiger partial charge on any atom is -0.364 e. The minimum atomic E-state index is -4.48. The van der Waals surface area contributed by atoms with Gasteiger partial charge in [0.25, 0.3) is 5.91 Å².